The molecule has 2 aromatic carbocycles. The third-order valence-corrected chi connectivity index (χ3v) is 16.2. The molecule has 4 aromatic rings. The Morgan fingerprint density at radius 3 is 2.45 bits per heavy atom. The Balaban J connectivity index is 1.32. The van der Waals surface area contributed by atoms with E-state index < -0.39 is 19.7 Å². The topological polar surface area (TPSA) is 89.9 Å². The number of halogens is 1. The number of nitrogens with zero attached hydrogens (tertiary/aromatic N) is 5. The number of piperazine rings is 1. The molecule has 2 fully saturated rings. The molecular weight excluding hydrogens is 682 g/mol. The van der Waals surface area contributed by atoms with Gasteiger partial charge in [-0.2, -0.15) is 0 Å². The summed E-state index contributed by atoms with van der Waals surface area (Å²) >= 11 is 1.37. The number of carbonyl (C=O) groups is 1. The second-order valence-electron chi connectivity index (χ2n) is 16.8. The fraction of sp³-hybridized carbons (Fsp3) is 0.538. The van der Waals surface area contributed by atoms with Crippen molar-refractivity contribution in [1.82, 2.24) is 19.9 Å². The van der Waals surface area contributed by atoms with Crippen LogP contribution in [0.1, 0.15) is 66.9 Å². The summed E-state index contributed by atoms with van der Waals surface area (Å²) in [6, 6.07) is 11.7. The van der Waals surface area contributed by atoms with E-state index in [-0.39, 0.29) is 53.2 Å². The minimum absolute atomic E-state index is 0.0284. The van der Waals surface area contributed by atoms with Gasteiger partial charge >= 0.3 is 6.09 Å². The number of carbonyl (C=O) groups excluding carboxylic acids is 1. The van der Waals surface area contributed by atoms with Crippen LogP contribution in [0.3, 0.4) is 0 Å². The minimum atomic E-state index is -2.01. The number of hydrogen-bond acceptors (Lipinski definition) is 9. The van der Waals surface area contributed by atoms with E-state index in [1.807, 2.05) is 44.1 Å². The molecule has 12 heteroatoms. The van der Waals surface area contributed by atoms with E-state index in [0.29, 0.717) is 40.8 Å². The van der Waals surface area contributed by atoms with Crippen molar-refractivity contribution in [3.8, 4) is 17.1 Å². The molecule has 7 rings (SSSR count). The molecule has 5 heterocycles. The highest BCUT2D eigenvalue weighted by Crippen LogP contribution is 2.46. The Morgan fingerprint density at radius 2 is 1.76 bits per heavy atom. The van der Waals surface area contributed by atoms with Crippen molar-refractivity contribution in [1.29, 1.82) is 0 Å². The number of amides is 1. The predicted molar refractivity (Wildman–Crippen MR) is 205 cm³/mol. The standard InChI is InChI=1S/C39H50FN5O4SSi/c1-22(49-51(9,10)39(5,6)7)19-24-15-11-13-23-14-12-16-26(29(23)24)32-31(40)33-30-34(43-36(42-33)50-8)44-20-25-17-18-27(28(44)21-47-35(30)41-32)45(25)37(46)48-38(2,3)4/h11-16,22,25,27-28H,17-21H2,1-10H3/t22?,25-,27+,28-/m1/s1. The number of hydrogen-bond donors (Lipinski definition) is 0. The molecule has 9 nitrogen and oxygen atoms in total. The van der Waals surface area contributed by atoms with Gasteiger partial charge in [0.2, 0.25) is 5.88 Å². The minimum Gasteiger partial charge on any atom is -0.475 e. The van der Waals surface area contributed by atoms with Gasteiger partial charge in [0.25, 0.3) is 0 Å². The van der Waals surface area contributed by atoms with Gasteiger partial charge in [-0.1, -0.05) is 68.9 Å². The summed E-state index contributed by atoms with van der Waals surface area (Å²) in [4.78, 5) is 32.2. The normalized spacial score (nSPS) is 21.0. The molecule has 0 aliphatic carbocycles. The first-order valence-electron chi connectivity index (χ1n) is 18.0. The lowest BCUT2D eigenvalue weighted by molar-refractivity contribution is 0.00539. The maximum Gasteiger partial charge on any atom is 0.410 e. The lowest BCUT2D eigenvalue weighted by Gasteiger charge is -2.46. The van der Waals surface area contributed by atoms with Crippen LogP contribution in [0.4, 0.5) is 15.0 Å². The van der Waals surface area contributed by atoms with Crippen LogP contribution in [-0.2, 0) is 15.6 Å². The fourth-order valence-electron chi connectivity index (χ4n) is 7.75. The first kappa shape index (κ1) is 35.9. The number of benzene rings is 2. The molecule has 1 unspecified atom stereocenters. The van der Waals surface area contributed by atoms with Gasteiger partial charge in [0, 0.05) is 18.2 Å². The van der Waals surface area contributed by atoms with Gasteiger partial charge in [-0.3, -0.25) is 4.90 Å². The number of aromatic nitrogens is 3. The van der Waals surface area contributed by atoms with Crippen molar-refractivity contribution in [3.05, 3.63) is 47.8 Å². The summed E-state index contributed by atoms with van der Waals surface area (Å²) in [5.41, 5.74) is 1.54. The molecule has 2 aromatic heterocycles. The van der Waals surface area contributed by atoms with Crippen molar-refractivity contribution in [2.45, 2.75) is 121 Å². The molecule has 0 saturated carbocycles. The molecule has 4 atom stereocenters. The van der Waals surface area contributed by atoms with Crippen molar-refractivity contribution >= 4 is 53.7 Å². The largest absolute Gasteiger partial charge is 0.475 e. The van der Waals surface area contributed by atoms with Gasteiger partial charge in [0.05, 0.1) is 18.1 Å². The Bertz CT molecular complexity index is 2010. The molecule has 1 amide bonds. The molecule has 0 radical (unpaired) electrons. The van der Waals surface area contributed by atoms with E-state index >= 15 is 4.39 Å². The van der Waals surface area contributed by atoms with Gasteiger partial charge in [0.15, 0.2) is 19.3 Å². The van der Waals surface area contributed by atoms with Crippen LogP contribution in [0.25, 0.3) is 32.9 Å². The predicted octanol–water partition coefficient (Wildman–Crippen LogP) is 9.01. The third-order valence-electron chi connectivity index (χ3n) is 11.0. The van der Waals surface area contributed by atoms with E-state index in [2.05, 4.69) is 70.0 Å². The van der Waals surface area contributed by atoms with E-state index in [0.717, 1.165) is 29.2 Å². The van der Waals surface area contributed by atoms with Crippen LogP contribution in [0.15, 0.2) is 41.6 Å². The number of pyridine rings is 1. The number of fused-ring (bicyclic) bond motifs is 6. The van der Waals surface area contributed by atoms with E-state index in [4.69, 9.17) is 28.9 Å². The Labute approximate surface area is 305 Å². The van der Waals surface area contributed by atoms with Crippen molar-refractivity contribution < 1.29 is 23.1 Å². The highest BCUT2D eigenvalue weighted by atomic mass is 32.2. The molecule has 0 spiro atoms. The molecule has 2 bridgehead atoms. The smallest absolute Gasteiger partial charge is 0.410 e. The zero-order valence-electron chi connectivity index (χ0n) is 31.5. The van der Waals surface area contributed by atoms with E-state index in [9.17, 15) is 4.79 Å². The summed E-state index contributed by atoms with van der Waals surface area (Å²) in [5, 5.41) is 2.97. The number of rotatable bonds is 6. The lowest BCUT2D eigenvalue weighted by atomic mass is 9.94. The SMILES string of the molecule is CSc1nc2c3c(nc(-c4cccc5cccc(CC(C)O[Si](C)(C)C(C)(C)C)c45)c(F)c3n1)OC[C@@H]1[C@@H]3CC[C@H](CN21)N3C(=O)OC(C)(C)C. The van der Waals surface area contributed by atoms with Gasteiger partial charge in [-0.05, 0) is 87.7 Å². The zero-order valence-corrected chi connectivity index (χ0v) is 33.3. The molecular formula is C39H50FN5O4SSi. The molecule has 272 valence electrons. The Kier molecular flexibility index (Phi) is 9.06. The maximum absolute atomic E-state index is 17.2. The molecule has 2 saturated heterocycles. The van der Waals surface area contributed by atoms with E-state index in [1.165, 1.54) is 11.8 Å². The summed E-state index contributed by atoms with van der Waals surface area (Å²) < 4.78 is 36.4. The quantitative estimate of drug-likeness (QED) is 0.110. The molecule has 51 heavy (non-hydrogen) atoms. The van der Waals surface area contributed by atoms with Gasteiger partial charge < -0.3 is 18.8 Å². The summed E-state index contributed by atoms with van der Waals surface area (Å²) in [5.74, 6) is 0.413. The lowest BCUT2D eigenvalue weighted by Crippen LogP contribution is -2.63. The van der Waals surface area contributed by atoms with Crippen LogP contribution in [0.5, 0.6) is 5.88 Å². The van der Waals surface area contributed by atoms with Crippen molar-refractivity contribution in [2.75, 3.05) is 24.3 Å². The van der Waals surface area contributed by atoms with Gasteiger partial charge in [0.1, 0.15) is 34.6 Å². The summed E-state index contributed by atoms with van der Waals surface area (Å²) in [7, 11) is -2.01. The van der Waals surface area contributed by atoms with Crippen LogP contribution < -0.4 is 9.64 Å². The highest BCUT2D eigenvalue weighted by molar-refractivity contribution is 7.98. The van der Waals surface area contributed by atoms with Crippen LogP contribution in [-0.4, -0.2) is 83.5 Å². The van der Waals surface area contributed by atoms with Crippen LogP contribution >= 0.6 is 11.8 Å². The van der Waals surface area contributed by atoms with E-state index in [1.54, 1.807) is 0 Å². The average Bonchev–Trinajstić information content (AvgIpc) is 3.28. The summed E-state index contributed by atoms with van der Waals surface area (Å²) in [6.45, 7) is 19.9. The number of ether oxygens (including phenoxy) is 2. The molecule has 0 N–H and O–H groups in total. The Morgan fingerprint density at radius 1 is 1.04 bits per heavy atom. The zero-order chi connectivity index (χ0) is 36.6. The fourth-order valence-corrected chi connectivity index (χ4v) is 9.55. The van der Waals surface area contributed by atoms with Gasteiger partial charge in [-0.25, -0.2) is 24.1 Å². The third kappa shape index (κ3) is 6.45. The van der Waals surface area contributed by atoms with Gasteiger partial charge in [-0.15, -0.1) is 0 Å². The second-order valence-corrected chi connectivity index (χ2v) is 22.3. The van der Waals surface area contributed by atoms with Crippen molar-refractivity contribution in [2.24, 2.45) is 0 Å². The average molecular weight is 732 g/mol. The Hall–Kier alpha value is -3.48. The molecule has 3 aliphatic heterocycles. The first-order valence-corrected chi connectivity index (χ1v) is 22.2. The number of thioether (sulfide) groups is 1. The van der Waals surface area contributed by atoms with Crippen LogP contribution in [0, 0.1) is 5.82 Å². The number of anilines is 1. The second kappa shape index (κ2) is 12.9. The maximum atomic E-state index is 17.2. The first-order chi connectivity index (χ1) is 24.0. The van der Waals surface area contributed by atoms with Crippen molar-refractivity contribution in [3.63, 3.8) is 0 Å². The van der Waals surface area contributed by atoms with Crippen LogP contribution in [0.2, 0.25) is 18.1 Å². The molecule has 3 aliphatic rings. The summed E-state index contributed by atoms with van der Waals surface area (Å²) in [6.07, 6.45) is 3.90. The highest BCUT2D eigenvalue weighted by Gasteiger charge is 2.52. The monoisotopic (exact) mass is 731 g/mol.